The number of rotatable bonds is 6. The number of carbonyl (C=O) groups excluding carboxylic acids is 2. The average Bonchev–Trinajstić information content (AvgIpc) is 2.82. The van der Waals surface area contributed by atoms with E-state index < -0.39 is 35.2 Å². The number of benzene rings is 1. The van der Waals surface area contributed by atoms with Gasteiger partial charge in [-0.15, -0.1) is 0 Å². The zero-order chi connectivity index (χ0) is 24.3. The van der Waals surface area contributed by atoms with Crippen molar-refractivity contribution >= 4 is 35.3 Å². The summed E-state index contributed by atoms with van der Waals surface area (Å²) in [5, 5.41) is 18.0. The Morgan fingerprint density at radius 1 is 0.939 bits per heavy atom. The molecule has 2 aromatic rings. The number of aromatic nitrogens is 1. The summed E-state index contributed by atoms with van der Waals surface area (Å²) in [5.41, 5.74) is -0.231. The summed E-state index contributed by atoms with van der Waals surface area (Å²) >= 11 is 0. The summed E-state index contributed by atoms with van der Waals surface area (Å²) < 4.78 is 14.0. The van der Waals surface area contributed by atoms with Gasteiger partial charge in [0.1, 0.15) is 11.6 Å². The van der Waals surface area contributed by atoms with Crippen LogP contribution in [0.3, 0.4) is 0 Å². The van der Waals surface area contributed by atoms with Crippen LogP contribution in [0.5, 0.6) is 0 Å². The third kappa shape index (κ3) is 5.16. The summed E-state index contributed by atoms with van der Waals surface area (Å²) in [4.78, 5) is 54.7. The van der Waals surface area contributed by atoms with Gasteiger partial charge in [0.2, 0.25) is 11.8 Å². The number of amides is 2. The van der Waals surface area contributed by atoms with Crippen molar-refractivity contribution in [1.82, 2.24) is 4.98 Å². The molecule has 1 aromatic carbocycles. The van der Waals surface area contributed by atoms with Crippen molar-refractivity contribution in [1.29, 1.82) is 0 Å². The molecule has 0 spiro atoms. The molecule has 0 aliphatic heterocycles. The maximum atomic E-state index is 14.0. The monoisotopic (exact) mass is 457 g/mol. The number of carboxylic acid groups (broad SMARTS) is 2. The van der Waals surface area contributed by atoms with E-state index in [4.69, 9.17) is 10.2 Å². The molecule has 1 aliphatic rings. The van der Waals surface area contributed by atoms with E-state index >= 15 is 0 Å². The average molecular weight is 457 g/mol. The van der Waals surface area contributed by atoms with Crippen LogP contribution in [0.25, 0.3) is 0 Å². The molecule has 10 heteroatoms. The second-order valence-electron chi connectivity index (χ2n) is 8.03. The minimum atomic E-state index is -1.39. The van der Waals surface area contributed by atoms with Crippen molar-refractivity contribution in [2.75, 3.05) is 23.9 Å². The highest BCUT2D eigenvalue weighted by Crippen LogP contribution is 2.33. The van der Waals surface area contributed by atoms with E-state index in [-0.39, 0.29) is 23.1 Å². The number of carbonyl (C=O) groups is 4. The van der Waals surface area contributed by atoms with Crippen LogP contribution in [0.2, 0.25) is 0 Å². The Kier molecular flexibility index (Phi) is 7.05. The molecule has 2 N–H and O–H groups in total. The summed E-state index contributed by atoms with van der Waals surface area (Å²) in [5.74, 6) is -4.49. The van der Waals surface area contributed by atoms with Crippen molar-refractivity contribution in [3.8, 4) is 0 Å². The summed E-state index contributed by atoms with van der Waals surface area (Å²) in [6.45, 7) is 0. The van der Waals surface area contributed by atoms with Crippen LogP contribution in [0.4, 0.5) is 15.9 Å². The predicted molar refractivity (Wildman–Crippen MR) is 117 cm³/mol. The maximum absolute atomic E-state index is 14.0. The molecule has 1 fully saturated rings. The second-order valence-corrected chi connectivity index (χ2v) is 8.03. The quantitative estimate of drug-likeness (QED) is 0.682. The molecule has 2 atom stereocenters. The molecule has 0 radical (unpaired) electrons. The number of carboxylic acids is 2. The van der Waals surface area contributed by atoms with Crippen molar-refractivity contribution < 1.29 is 33.8 Å². The highest BCUT2D eigenvalue weighted by Gasteiger charge is 2.34. The molecule has 2 amide bonds. The lowest BCUT2D eigenvalue weighted by Gasteiger charge is -2.32. The Balaban J connectivity index is 1.69. The molecule has 1 aliphatic carbocycles. The van der Waals surface area contributed by atoms with Crippen LogP contribution in [-0.2, 0) is 9.59 Å². The fraction of sp³-hybridized carbons (Fsp3) is 0.348. The van der Waals surface area contributed by atoms with Gasteiger partial charge in [-0.3, -0.25) is 14.5 Å². The van der Waals surface area contributed by atoms with E-state index in [2.05, 4.69) is 4.98 Å². The van der Waals surface area contributed by atoms with E-state index in [0.717, 1.165) is 12.1 Å². The lowest BCUT2D eigenvalue weighted by molar-refractivity contribution is -0.127. The molecule has 1 heterocycles. The van der Waals surface area contributed by atoms with Gasteiger partial charge in [0.15, 0.2) is 0 Å². The zero-order valence-electron chi connectivity index (χ0n) is 18.2. The Labute approximate surface area is 189 Å². The number of halogens is 1. The van der Waals surface area contributed by atoms with Crippen LogP contribution >= 0.6 is 0 Å². The molecular formula is C23H24FN3O6. The molecule has 3 rings (SSSR count). The molecule has 33 heavy (non-hydrogen) atoms. The summed E-state index contributed by atoms with van der Waals surface area (Å²) in [7, 11) is 3.04. The Morgan fingerprint density at radius 2 is 1.58 bits per heavy atom. The largest absolute Gasteiger partial charge is 0.478 e. The second kappa shape index (κ2) is 9.76. The first-order valence-corrected chi connectivity index (χ1v) is 10.4. The van der Waals surface area contributed by atoms with Gasteiger partial charge < -0.3 is 15.1 Å². The Hall–Kier alpha value is -3.82. The molecule has 9 nitrogen and oxygen atoms in total. The third-order valence-electron chi connectivity index (χ3n) is 5.94. The zero-order valence-corrected chi connectivity index (χ0v) is 18.2. The van der Waals surface area contributed by atoms with Crippen LogP contribution in [-0.4, -0.2) is 53.0 Å². The van der Waals surface area contributed by atoms with Crippen molar-refractivity contribution in [3.05, 3.63) is 53.5 Å². The predicted octanol–water partition coefficient (Wildman–Crippen LogP) is 3.05. The Morgan fingerprint density at radius 3 is 2.09 bits per heavy atom. The van der Waals surface area contributed by atoms with Gasteiger partial charge in [-0.1, -0.05) is 6.42 Å². The normalized spacial score (nSPS) is 17.8. The minimum Gasteiger partial charge on any atom is -0.478 e. The van der Waals surface area contributed by atoms with Gasteiger partial charge in [0.05, 0.1) is 11.1 Å². The minimum absolute atomic E-state index is 0.0128. The van der Waals surface area contributed by atoms with Crippen LogP contribution in [0.1, 0.15) is 46.4 Å². The van der Waals surface area contributed by atoms with Crippen LogP contribution in [0.15, 0.2) is 36.5 Å². The maximum Gasteiger partial charge on any atom is 0.338 e. The molecule has 1 aromatic heterocycles. The number of anilines is 2. The summed E-state index contributed by atoms with van der Waals surface area (Å²) in [6, 6.07) is 6.31. The van der Waals surface area contributed by atoms with Gasteiger partial charge in [-0.05, 0) is 49.6 Å². The fourth-order valence-corrected chi connectivity index (χ4v) is 4.02. The molecule has 0 saturated heterocycles. The first-order chi connectivity index (χ1) is 15.6. The van der Waals surface area contributed by atoms with Gasteiger partial charge in [-0.2, -0.15) is 0 Å². The Bertz CT molecular complexity index is 1090. The van der Waals surface area contributed by atoms with Crippen LogP contribution in [0, 0.1) is 17.7 Å². The van der Waals surface area contributed by atoms with Crippen molar-refractivity contribution in [2.45, 2.75) is 25.7 Å². The SMILES string of the molecule is CN(C(=O)[C@H]1CCC[C@H](C(=O)N(C)c2ccc(C(=O)O)cn2)C1)c1ccc(C(=O)O)c(F)c1. The first kappa shape index (κ1) is 23.8. The first-order valence-electron chi connectivity index (χ1n) is 10.4. The van der Waals surface area contributed by atoms with Gasteiger partial charge >= 0.3 is 11.9 Å². The van der Waals surface area contributed by atoms with Gasteiger partial charge in [-0.25, -0.2) is 19.0 Å². The number of aromatic carboxylic acids is 2. The van der Waals surface area contributed by atoms with E-state index in [1.54, 1.807) is 7.05 Å². The standard InChI is InChI=1S/C23H24FN3O6/c1-26(16-7-8-17(23(32)33)18(24)11-16)20(28)13-4-3-5-14(10-13)21(29)27(2)19-9-6-15(12-25-19)22(30)31/h6-9,11-14H,3-5,10H2,1-2H3,(H,30,31)(H,32,33)/t13-,14-/m0/s1. The molecular weight excluding hydrogens is 433 g/mol. The molecule has 0 unspecified atom stereocenters. The van der Waals surface area contributed by atoms with E-state index in [1.807, 2.05) is 0 Å². The van der Waals surface area contributed by atoms with Crippen molar-refractivity contribution in [2.24, 2.45) is 11.8 Å². The number of hydrogen-bond donors (Lipinski definition) is 2. The highest BCUT2D eigenvalue weighted by molar-refractivity contribution is 5.97. The van der Waals surface area contributed by atoms with E-state index in [9.17, 15) is 23.6 Å². The molecule has 174 valence electrons. The smallest absolute Gasteiger partial charge is 0.338 e. The van der Waals surface area contributed by atoms with Gasteiger partial charge in [0, 0.05) is 37.8 Å². The number of nitrogens with zero attached hydrogens (tertiary/aromatic N) is 3. The lowest BCUT2D eigenvalue weighted by Crippen LogP contribution is -2.40. The highest BCUT2D eigenvalue weighted by atomic mass is 19.1. The van der Waals surface area contributed by atoms with Gasteiger partial charge in [0.25, 0.3) is 0 Å². The topological polar surface area (TPSA) is 128 Å². The fourth-order valence-electron chi connectivity index (χ4n) is 4.02. The molecule has 1 saturated carbocycles. The lowest BCUT2D eigenvalue weighted by atomic mass is 9.80. The third-order valence-corrected chi connectivity index (χ3v) is 5.94. The molecule has 0 bridgehead atoms. The number of pyridine rings is 1. The number of hydrogen-bond acceptors (Lipinski definition) is 5. The van der Waals surface area contributed by atoms with Crippen molar-refractivity contribution in [3.63, 3.8) is 0 Å². The van der Waals surface area contributed by atoms with E-state index in [1.165, 1.54) is 41.2 Å². The van der Waals surface area contributed by atoms with Crippen LogP contribution < -0.4 is 9.80 Å². The summed E-state index contributed by atoms with van der Waals surface area (Å²) in [6.07, 6.45) is 3.34. The van der Waals surface area contributed by atoms with E-state index in [0.29, 0.717) is 31.5 Å².